The summed E-state index contributed by atoms with van der Waals surface area (Å²) >= 11 is 0. The van der Waals surface area contributed by atoms with Crippen LogP contribution in [0, 0.1) is 17.8 Å². The number of aryl methyl sites for hydroxylation is 1. The first-order valence-electron chi connectivity index (χ1n) is 7.60. The summed E-state index contributed by atoms with van der Waals surface area (Å²) in [7, 11) is 0. The second-order valence-electron chi connectivity index (χ2n) is 7.94. The molecule has 19 heavy (non-hydrogen) atoms. The summed E-state index contributed by atoms with van der Waals surface area (Å²) in [5.41, 5.74) is 11.3. The number of hydrogen-bond acceptors (Lipinski definition) is 1. The van der Waals surface area contributed by atoms with E-state index in [-0.39, 0.29) is 6.04 Å². The Hall–Kier alpha value is -0.760. The van der Waals surface area contributed by atoms with Crippen LogP contribution in [-0.2, 0) is 13.0 Å². The van der Waals surface area contributed by atoms with Gasteiger partial charge >= 0.3 is 0 Å². The Morgan fingerprint density at radius 3 is 2.63 bits per heavy atom. The molecule has 1 aliphatic carbocycles. The highest BCUT2D eigenvalue weighted by atomic mass is 15.0. The van der Waals surface area contributed by atoms with Crippen molar-refractivity contribution in [2.45, 2.75) is 73.4 Å². The number of nitrogens with zero attached hydrogens (tertiary/aromatic N) is 1. The summed E-state index contributed by atoms with van der Waals surface area (Å²) in [4.78, 5) is 0. The van der Waals surface area contributed by atoms with E-state index in [9.17, 15) is 0 Å². The Morgan fingerprint density at radius 1 is 1.42 bits per heavy atom. The topological polar surface area (TPSA) is 30.9 Å². The minimum atomic E-state index is 0.212. The molecular formula is C17H30N2. The quantitative estimate of drug-likeness (QED) is 0.869. The van der Waals surface area contributed by atoms with Crippen molar-refractivity contribution < 1.29 is 0 Å². The van der Waals surface area contributed by atoms with E-state index in [0.29, 0.717) is 10.8 Å². The van der Waals surface area contributed by atoms with Crippen LogP contribution in [0.2, 0.25) is 0 Å². The van der Waals surface area contributed by atoms with E-state index >= 15 is 0 Å². The van der Waals surface area contributed by atoms with Gasteiger partial charge in [-0.3, -0.25) is 0 Å². The molecule has 2 heteroatoms. The van der Waals surface area contributed by atoms with Crippen LogP contribution in [0.25, 0.3) is 0 Å². The molecule has 1 atom stereocenters. The lowest BCUT2D eigenvalue weighted by atomic mass is 9.74. The first-order valence-corrected chi connectivity index (χ1v) is 7.60. The van der Waals surface area contributed by atoms with Crippen molar-refractivity contribution in [1.29, 1.82) is 0 Å². The highest BCUT2D eigenvalue weighted by Crippen LogP contribution is 2.41. The summed E-state index contributed by atoms with van der Waals surface area (Å²) in [6, 6.07) is 2.53. The van der Waals surface area contributed by atoms with Crippen molar-refractivity contribution in [2.24, 2.45) is 16.6 Å². The van der Waals surface area contributed by atoms with E-state index in [0.717, 1.165) is 19.4 Å². The summed E-state index contributed by atoms with van der Waals surface area (Å²) in [6.45, 7) is 15.0. The lowest BCUT2D eigenvalue weighted by Crippen LogP contribution is -2.31. The van der Waals surface area contributed by atoms with Crippen LogP contribution in [0.4, 0.5) is 0 Å². The first kappa shape index (κ1) is 14.6. The van der Waals surface area contributed by atoms with Gasteiger partial charge in [-0.25, -0.2) is 0 Å². The molecule has 1 aromatic rings. The number of aromatic nitrogens is 1. The lowest BCUT2D eigenvalue weighted by molar-refractivity contribution is 0.253. The maximum atomic E-state index is 6.39. The van der Waals surface area contributed by atoms with Gasteiger partial charge in [-0.05, 0) is 48.6 Å². The third-order valence-corrected chi connectivity index (χ3v) is 4.81. The van der Waals surface area contributed by atoms with Gasteiger partial charge in [0.2, 0.25) is 0 Å². The molecule has 2 rings (SSSR count). The van der Waals surface area contributed by atoms with E-state index in [2.05, 4.69) is 52.2 Å². The van der Waals surface area contributed by atoms with E-state index in [1.54, 1.807) is 0 Å². The van der Waals surface area contributed by atoms with Gasteiger partial charge in [0.1, 0.15) is 0 Å². The Labute approximate surface area is 118 Å². The molecule has 2 N–H and O–H groups in total. The first-order chi connectivity index (χ1) is 8.65. The van der Waals surface area contributed by atoms with Crippen LogP contribution in [0.15, 0.2) is 6.07 Å². The molecule has 0 aliphatic heterocycles. The molecule has 1 aliphatic rings. The van der Waals surface area contributed by atoms with Crippen molar-refractivity contribution in [3.05, 3.63) is 23.0 Å². The van der Waals surface area contributed by atoms with Crippen molar-refractivity contribution >= 4 is 0 Å². The van der Waals surface area contributed by atoms with Crippen LogP contribution in [-0.4, -0.2) is 4.57 Å². The molecule has 0 saturated carbocycles. The Morgan fingerprint density at radius 2 is 2.05 bits per heavy atom. The van der Waals surface area contributed by atoms with Crippen LogP contribution in [0.5, 0.6) is 0 Å². The molecule has 0 amide bonds. The standard InChI is InChI=1S/C17H30N2/c1-7-16(3,4)11-19-12(2)8-13-14(18)9-17(5,6)10-15(13)19/h8,14H,7,9-11,18H2,1-6H3. The normalized spacial score (nSPS) is 22.4. The largest absolute Gasteiger partial charge is 0.348 e. The fourth-order valence-electron chi connectivity index (χ4n) is 3.26. The van der Waals surface area contributed by atoms with Crippen molar-refractivity contribution in [1.82, 2.24) is 4.57 Å². The molecule has 1 heterocycles. The zero-order valence-corrected chi connectivity index (χ0v) is 13.5. The lowest BCUT2D eigenvalue weighted by Gasteiger charge is -2.36. The average Bonchev–Trinajstić information content (AvgIpc) is 2.56. The Balaban J connectivity index is 2.42. The zero-order valence-electron chi connectivity index (χ0n) is 13.5. The zero-order chi connectivity index (χ0) is 14.4. The van der Waals surface area contributed by atoms with Crippen molar-refractivity contribution in [3.63, 3.8) is 0 Å². The third-order valence-electron chi connectivity index (χ3n) is 4.81. The average molecular weight is 262 g/mol. The minimum absolute atomic E-state index is 0.212. The summed E-state index contributed by atoms with van der Waals surface area (Å²) in [5, 5.41) is 0. The molecule has 2 nitrogen and oxygen atoms in total. The number of nitrogens with two attached hydrogens (primary N) is 1. The van der Waals surface area contributed by atoms with Crippen molar-refractivity contribution in [3.8, 4) is 0 Å². The predicted molar refractivity (Wildman–Crippen MR) is 82.3 cm³/mol. The molecule has 0 fully saturated rings. The molecular weight excluding hydrogens is 232 g/mol. The Bertz CT molecular complexity index is 466. The fraction of sp³-hybridized carbons (Fsp3) is 0.765. The van der Waals surface area contributed by atoms with Crippen molar-refractivity contribution in [2.75, 3.05) is 0 Å². The highest BCUT2D eigenvalue weighted by Gasteiger charge is 2.34. The van der Waals surface area contributed by atoms with Gasteiger partial charge in [-0.2, -0.15) is 0 Å². The number of hydrogen-bond donors (Lipinski definition) is 1. The van der Waals surface area contributed by atoms with Gasteiger partial charge in [-0.15, -0.1) is 0 Å². The van der Waals surface area contributed by atoms with E-state index < -0.39 is 0 Å². The van der Waals surface area contributed by atoms with Crippen LogP contribution in [0.1, 0.15) is 70.5 Å². The number of fused-ring (bicyclic) bond motifs is 1. The van der Waals surface area contributed by atoms with E-state index in [1.807, 2.05) is 0 Å². The molecule has 0 radical (unpaired) electrons. The van der Waals surface area contributed by atoms with Gasteiger partial charge in [0.05, 0.1) is 0 Å². The molecule has 108 valence electrons. The molecule has 1 unspecified atom stereocenters. The molecule has 0 spiro atoms. The second kappa shape index (κ2) is 4.66. The third kappa shape index (κ3) is 2.89. The van der Waals surface area contributed by atoms with Gasteiger partial charge < -0.3 is 10.3 Å². The monoisotopic (exact) mass is 262 g/mol. The van der Waals surface area contributed by atoms with Crippen LogP contribution >= 0.6 is 0 Å². The molecule has 0 saturated heterocycles. The van der Waals surface area contributed by atoms with Gasteiger partial charge in [0, 0.05) is 24.0 Å². The smallest absolute Gasteiger partial charge is 0.0318 e. The predicted octanol–water partition coefficient (Wildman–Crippen LogP) is 4.20. The number of rotatable bonds is 3. The maximum Gasteiger partial charge on any atom is 0.0318 e. The SMILES string of the molecule is CCC(C)(C)Cn1c(C)cc2c1CC(C)(C)CC2N. The minimum Gasteiger partial charge on any atom is -0.348 e. The fourth-order valence-corrected chi connectivity index (χ4v) is 3.26. The highest BCUT2D eigenvalue weighted by molar-refractivity contribution is 5.34. The van der Waals surface area contributed by atoms with Gasteiger partial charge in [-0.1, -0.05) is 34.6 Å². The van der Waals surface area contributed by atoms with Gasteiger partial charge in [0.15, 0.2) is 0 Å². The molecule has 0 aromatic carbocycles. The summed E-state index contributed by atoms with van der Waals surface area (Å²) < 4.78 is 2.53. The van der Waals surface area contributed by atoms with Crippen LogP contribution in [0.3, 0.4) is 0 Å². The summed E-state index contributed by atoms with van der Waals surface area (Å²) in [6.07, 6.45) is 3.46. The van der Waals surface area contributed by atoms with Gasteiger partial charge in [0.25, 0.3) is 0 Å². The summed E-state index contributed by atoms with van der Waals surface area (Å²) in [5.74, 6) is 0. The molecule has 1 aromatic heterocycles. The van der Waals surface area contributed by atoms with E-state index in [4.69, 9.17) is 5.73 Å². The Kier molecular flexibility index (Phi) is 3.59. The second-order valence-corrected chi connectivity index (χ2v) is 7.94. The maximum absolute atomic E-state index is 6.39. The van der Waals surface area contributed by atoms with E-state index in [1.165, 1.54) is 23.4 Å². The van der Waals surface area contributed by atoms with Crippen LogP contribution < -0.4 is 5.73 Å². The molecule has 0 bridgehead atoms.